The Morgan fingerprint density at radius 1 is 1.07 bits per heavy atom. The van der Waals surface area contributed by atoms with Gasteiger partial charge < -0.3 is 15.0 Å². The van der Waals surface area contributed by atoms with Crippen LogP contribution in [-0.2, 0) is 4.79 Å². The Bertz CT molecular complexity index is 1020. The van der Waals surface area contributed by atoms with E-state index in [0.717, 1.165) is 17.7 Å². The summed E-state index contributed by atoms with van der Waals surface area (Å²) < 4.78 is 5.16. The largest absolute Gasteiger partial charge is 0.497 e. The number of carbonyl (C=O) groups excluding carboxylic acids is 2. The van der Waals surface area contributed by atoms with Gasteiger partial charge in [0, 0.05) is 17.8 Å². The lowest BCUT2D eigenvalue weighted by molar-refractivity contribution is -0.119. The molecule has 3 amide bonds. The molecule has 8 nitrogen and oxygen atoms in total. The van der Waals surface area contributed by atoms with Crippen molar-refractivity contribution in [2.24, 2.45) is 0 Å². The van der Waals surface area contributed by atoms with Crippen LogP contribution in [0.25, 0.3) is 10.6 Å². The number of nitrogens with zero attached hydrogens (tertiary/aromatic N) is 3. The van der Waals surface area contributed by atoms with E-state index in [4.69, 9.17) is 4.74 Å². The van der Waals surface area contributed by atoms with Gasteiger partial charge in [-0.25, -0.2) is 4.79 Å². The maximum Gasteiger partial charge on any atom is 0.322 e. The normalized spacial score (nSPS) is 15.6. The molecule has 1 aliphatic rings. The van der Waals surface area contributed by atoms with Gasteiger partial charge in [0.15, 0.2) is 0 Å². The van der Waals surface area contributed by atoms with Gasteiger partial charge >= 0.3 is 6.03 Å². The second kappa shape index (κ2) is 8.91. The first-order chi connectivity index (χ1) is 14.6. The van der Waals surface area contributed by atoms with Gasteiger partial charge in [-0.1, -0.05) is 29.5 Å². The standard InChI is InChI=1S/C21H21N5O3S/c1-29-16-11-9-14(10-12-16)19-24-25-20(30-19)23-18(27)17-8-5-13-26(17)21(28)22-15-6-3-2-4-7-15/h2-4,6-7,9-12,17H,5,8,13H2,1H3,(H,22,28)(H,23,25,27). The summed E-state index contributed by atoms with van der Waals surface area (Å²) in [6, 6.07) is 15.8. The number of carbonyl (C=O) groups is 2. The molecule has 0 bridgehead atoms. The molecule has 0 saturated carbocycles. The number of methoxy groups -OCH3 is 1. The van der Waals surface area contributed by atoms with Crippen LogP contribution in [0.3, 0.4) is 0 Å². The zero-order valence-electron chi connectivity index (χ0n) is 16.4. The SMILES string of the molecule is COc1ccc(-c2nnc(NC(=O)C3CCCN3C(=O)Nc3ccccc3)s2)cc1. The minimum absolute atomic E-state index is 0.256. The Balaban J connectivity index is 1.40. The molecule has 4 rings (SSSR count). The van der Waals surface area contributed by atoms with Crippen LogP contribution < -0.4 is 15.4 Å². The third-order valence-electron chi connectivity index (χ3n) is 4.83. The summed E-state index contributed by atoms with van der Waals surface area (Å²) in [5, 5.41) is 15.0. The van der Waals surface area contributed by atoms with Crippen molar-refractivity contribution in [2.45, 2.75) is 18.9 Å². The lowest BCUT2D eigenvalue weighted by Crippen LogP contribution is -2.45. The van der Waals surface area contributed by atoms with Crippen molar-refractivity contribution in [3.63, 3.8) is 0 Å². The van der Waals surface area contributed by atoms with Crippen LogP contribution in [0, 0.1) is 0 Å². The number of ether oxygens (including phenoxy) is 1. The van der Waals surface area contributed by atoms with E-state index in [1.807, 2.05) is 54.6 Å². The summed E-state index contributed by atoms with van der Waals surface area (Å²) in [6.45, 7) is 0.532. The van der Waals surface area contributed by atoms with E-state index >= 15 is 0 Å². The van der Waals surface area contributed by atoms with Crippen molar-refractivity contribution in [2.75, 3.05) is 24.3 Å². The van der Waals surface area contributed by atoms with Crippen LogP contribution in [0.15, 0.2) is 54.6 Å². The average molecular weight is 423 g/mol. The Kier molecular flexibility index (Phi) is 5.89. The maximum atomic E-state index is 12.8. The third-order valence-corrected chi connectivity index (χ3v) is 5.72. The highest BCUT2D eigenvalue weighted by Gasteiger charge is 2.34. The second-order valence-electron chi connectivity index (χ2n) is 6.78. The molecule has 0 aliphatic carbocycles. The maximum absolute atomic E-state index is 12.8. The fourth-order valence-corrected chi connectivity index (χ4v) is 4.06. The second-order valence-corrected chi connectivity index (χ2v) is 7.76. The van der Waals surface area contributed by atoms with Crippen LogP contribution in [-0.4, -0.2) is 46.7 Å². The molecular formula is C21H21N5O3S. The Morgan fingerprint density at radius 3 is 2.57 bits per heavy atom. The number of aromatic nitrogens is 2. The van der Waals surface area contributed by atoms with Crippen LogP contribution in [0.5, 0.6) is 5.75 Å². The number of urea groups is 1. The fraction of sp³-hybridized carbons (Fsp3) is 0.238. The summed E-state index contributed by atoms with van der Waals surface area (Å²) in [7, 11) is 1.61. The average Bonchev–Trinajstić information content (AvgIpc) is 3.44. The zero-order chi connectivity index (χ0) is 20.9. The zero-order valence-corrected chi connectivity index (χ0v) is 17.2. The molecule has 0 spiro atoms. The molecule has 154 valence electrons. The monoisotopic (exact) mass is 423 g/mol. The van der Waals surface area contributed by atoms with Crippen molar-refractivity contribution in [3.05, 3.63) is 54.6 Å². The Labute approximate surface area is 177 Å². The van der Waals surface area contributed by atoms with E-state index in [1.54, 1.807) is 12.0 Å². The number of hydrogen-bond donors (Lipinski definition) is 2. The molecule has 2 heterocycles. The molecule has 3 aromatic rings. The number of anilines is 2. The van der Waals surface area contributed by atoms with Crippen LogP contribution in [0.1, 0.15) is 12.8 Å². The van der Waals surface area contributed by atoms with Gasteiger partial charge in [0.25, 0.3) is 0 Å². The number of para-hydroxylation sites is 1. The quantitative estimate of drug-likeness (QED) is 0.650. The first kappa shape index (κ1) is 19.8. The Hall–Kier alpha value is -3.46. The van der Waals surface area contributed by atoms with Crippen molar-refractivity contribution >= 4 is 34.1 Å². The molecule has 1 fully saturated rings. The molecule has 9 heteroatoms. The predicted octanol–water partition coefficient (Wildman–Crippen LogP) is 3.85. The van der Waals surface area contributed by atoms with E-state index < -0.39 is 6.04 Å². The summed E-state index contributed by atoms with van der Waals surface area (Å²) in [4.78, 5) is 27.0. The van der Waals surface area contributed by atoms with Crippen molar-refractivity contribution in [1.82, 2.24) is 15.1 Å². The fourth-order valence-electron chi connectivity index (χ4n) is 3.31. The summed E-state index contributed by atoms with van der Waals surface area (Å²) in [5.74, 6) is 0.500. The van der Waals surface area contributed by atoms with Gasteiger partial charge in [0.1, 0.15) is 16.8 Å². The minimum atomic E-state index is -0.540. The molecule has 2 aromatic carbocycles. The summed E-state index contributed by atoms with van der Waals surface area (Å²) >= 11 is 1.28. The van der Waals surface area contributed by atoms with Crippen LogP contribution in [0.2, 0.25) is 0 Å². The molecule has 1 atom stereocenters. The molecule has 30 heavy (non-hydrogen) atoms. The van der Waals surface area contributed by atoms with Gasteiger partial charge in [-0.15, -0.1) is 10.2 Å². The summed E-state index contributed by atoms with van der Waals surface area (Å²) in [6.07, 6.45) is 1.38. The molecule has 0 radical (unpaired) electrons. The van der Waals surface area contributed by atoms with E-state index in [-0.39, 0.29) is 11.9 Å². The van der Waals surface area contributed by atoms with Crippen molar-refractivity contribution in [1.29, 1.82) is 0 Å². The van der Waals surface area contributed by atoms with Crippen LogP contribution >= 0.6 is 11.3 Å². The first-order valence-corrected chi connectivity index (χ1v) is 10.4. The highest BCUT2D eigenvalue weighted by Crippen LogP contribution is 2.28. The minimum Gasteiger partial charge on any atom is -0.497 e. The smallest absolute Gasteiger partial charge is 0.322 e. The van der Waals surface area contributed by atoms with Crippen molar-refractivity contribution < 1.29 is 14.3 Å². The molecule has 1 saturated heterocycles. The molecule has 1 unspecified atom stereocenters. The van der Waals surface area contributed by atoms with E-state index in [9.17, 15) is 9.59 Å². The molecular weight excluding hydrogens is 402 g/mol. The molecule has 1 aliphatic heterocycles. The van der Waals surface area contributed by atoms with E-state index in [1.165, 1.54) is 11.3 Å². The van der Waals surface area contributed by atoms with Gasteiger partial charge in [0.05, 0.1) is 7.11 Å². The number of nitrogens with one attached hydrogen (secondary N) is 2. The van der Waals surface area contributed by atoms with E-state index in [2.05, 4.69) is 20.8 Å². The topological polar surface area (TPSA) is 96.5 Å². The lowest BCUT2D eigenvalue weighted by atomic mass is 10.2. The van der Waals surface area contributed by atoms with Gasteiger partial charge in [0.2, 0.25) is 11.0 Å². The first-order valence-electron chi connectivity index (χ1n) is 9.55. The van der Waals surface area contributed by atoms with Gasteiger partial charge in [-0.05, 0) is 49.2 Å². The highest BCUT2D eigenvalue weighted by molar-refractivity contribution is 7.18. The molecule has 1 aromatic heterocycles. The number of benzene rings is 2. The molecule has 2 N–H and O–H groups in total. The van der Waals surface area contributed by atoms with Gasteiger partial charge in [-0.3, -0.25) is 10.1 Å². The predicted molar refractivity (Wildman–Crippen MR) is 116 cm³/mol. The highest BCUT2D eigenvalue weighted by atomic mass is 32.1. The van der Waals surface area contributed by atoms with Crippen molar-refractivity contribution in [3.8, 4) is 16.3 Å². The Morgan fingerprint density at radius 2 is 1.83 bits per heavy atom. The lowest BCUT2D eigenvalue weighted by Gasteiger charge is -2.23. The summed E-state index contributed by atoms with van der Waals surface area (Å²) in [5.41, 5.74) is 1.58. The number of amides is 3. The number of rotatable bonds is 5. The van der Waals surface area contributed by atoms with E-state index in [0.29, 0.717) is 28.8 Å². The van der Waals surface area contributed by atoms with Gasteiger partial charge in [-0.2, -0.15) is 0 Å². The van der Waals surface area contributed by atoms with Crippen LogP contribution in [0.4, 0.5) is 15.6 Å². The number of likely N-dealkylation sites (tertiary alicyclic amines) is 1. The number of hydrogen-bond acceptors (Lipinski definition) is 6. The third kappa shape index (κ3) is 4.41.